The second kappa shape index (κ2) is 9.63. The molecule has 1 aromatic rings. The Labute approximate surface area is 142 Å². The van der Waals surface area contributed by atoms with Crippen molar-refractivity contribution in [1.29, 1.82) is 0 Å². The second-order valence-corrected chi connectivity index (χ2v) is 6.75. The summed E-state index contributed by atoms with van der Waals surface area (Å²) in [5.74, 6) is 1.39. The maximum Gasteiger partial charge on any atom is 0.404 e. The van der Waals surface area contributed by atoms with Crippen molar-refractivity contribution in [2.24, 2.45) is 5.41 Å². The third-order valence-electron chi connectivity index (χ3n) is 3.43. The van der Waals surface area contributed by atoms with Gasteiger partial charge in [-0.05, 0) is 29.5 Å². The number of alkyl halides is 1. The molecule has 0 aliphatic heterocycles. The van der Waals surface area contributed by atoms with E-state index in [9.17, 15) is 4.79 Å². The minimum Gasteiger partial charge on any atom is -0.491 e. The number of carbonyl (C=O) groups is 1. The van der Waals surface area contributed by atoms with Crippen LogP contribution in [0.4, 0.5) is 4.79 Å². The molecule has 0 bridgehead atoms. The molecule has 0 aliphatic rings. The molecular formula is C17H26ClNO4. The van der Waals surface area contributed by atoms with Crippen molar-refractivity contribution in [3.05, 3.63) is 29.8 Å². The summed E-state index contributed by atoms with van der Waals surface area (Å²) >= 11 is 5.69. The average molecular weight is 344 g/mol. The van der Waals surface area contributed by atoms with Crippen molar-refractivity contribution >= 4 is 17.7 Å². The van der Waals surface area contributed by atoms with Gasteiger partial charge >= 0.3 is 6.09 Å². The van der Waals surface area contributed by atoms with Crippen molar-refractivity contribution in [2.75, 3.05) is 25.7 Å². The van der Waals surface area contributed by atoms with Gasteiger partial charge < -0.3 is 19.9 Å². The van der Waals surface area contributed by atoms with E-state index in [0.29, 0.717) is 25.7 Å². The molecule has 0 saturated carbocycles. The standard InChI is InChI=1S/C17H26ClNO4/c1-17(2,3)15(19-16(20)21)12-22-10-11-23-14-6-4-13(5-7-14)8-9-18/h4-7,15,19H,8-12H2,1-3H3,(H,20,21). The summed E-state index contributed by atoms with van der Waals surface area (Å²) in [7, 11) is 0. The van der Waals surface area contributed by atoms with E-state index in [1.54, 1.807) is 0 Å². The Balaban J connectivity index is 2.29. The van der Waals surface area contributed by atoms with Crippen LogP contribution in [0.5, 0.6) is 5.75 Å². The van der Waals surface area contributed by atoms with E-state index in [4.69, 9.17) is 26.2 Å². The van der Waals surface area contributed by atoms with Crippen LogP contribution in [0.2, 0.25) is 0 Å². The van der Waals surface area contributed by atoms with Gasteiger partial charge in [-0.25, -0.2) is 4.79 Å². The van der Waals surface area contributed by atoms with Crippen molar-refractivity contribution in [3.8, 4) is 5.75 Å². The topological polar surface area (TPSA) is 67.8 Å². The van der Waals surface area contributed by atoms with Crippen LogP contribution in [0.1, 0.15) is 26.3 Å². The first kappa shape index (κ1) is 19.6. The van der Waals surface area contributed by atoms with Crippen molar-refractivity contribution in [2.45, 2.75) is 33.2 Å². The molecule has 0 radical (unpaired) electrons. The number of hydrogen-bond acceptors (Lipinski definition) is 3. The number of aryl methyl sites for hydroxylation is 1. The molecule has 1 amide bonds. The summed E-state index contributed by atoms with van der Waals surface area (Å²) in [6.45, 7) is 7.03. The quantitative estimate of drug-likeness (QED) is 0.531. The van der Waals surface area contributed by atoms with Crippen LogP contribution in [0, 0.1) is 5.41 Å². The number of carboxylic acid groups (broad SMARTS) is 1. The fraction of sp³-hybridized carbons (Fsp3) is 0.588. The minimum absolute atomic E-state index is 0.211. The van der Waals surface area contributed by atoms with Gasteiger partial charge in [0.1, 0.15) is 12.4 Å². The lowest BCUT2D eigenvalue weighted by molar-refractivity contribution is 0.0564. The zero-order chi connectivity index (χ0) is 17.3. The zero-order valence-corrected chi connectivity index (χ0v) is 14.7. The Bertz CT molecular complexity index is 470. The first-order chi connectivity index (χ1) is 10.8. The SMILES string of the molecule is CC(C)(C)C(COCCOc1ccc(CCCl)cc1)NC(=O)O. The summed E-state index contributed by atoms with van der Waals surface area (Å²) in [5, 5.41) is 11.3. The highest BCUT2D eigenvalue weighted by Crippen LogP contribution is 2.19. The van der Waals surface area contributed by atoms with Crippen LogP contribution in [-0.4, -0.2) is 42.9 Å². The van der Waals surface area contributed by atoms with E-state index in [1.165, 1.54) is 5.56 Å². The predicted octanol–water partition coefficient (Wildman–Crippen LogP) is 3.55. The lowest BCUT2D eigenvalue weighted by Gasteiger charge is -2.30. The maximum absolute atomic E-state index is 10.8. The monoisotopic (exact) mass is 343 g/mol. The molecule has 130 valence electrons. The zero-order valence-electron chi connectivity index (χ0n) is 14.0. The van der Waals surface area contributed by atoms with Crippen molar-refractivity contribution < 1.29 is 19.4 Å². The molecule has 2 N–H and O–H groups in total. The number of ether oxygens (including phenoxy) is 2. The first-order valence-corrected chi connectivity index (χ1v) is 8.21. The molecule has 0 saturated heterocycles. The number of halogens is 1. The van der Waals surface area contributed by atoms with E-state index < -0.39 is 6.09 Å². The minimum atomic E-state index is -1.04. The summed E-state index contributed by atoms with van der Waals surface area (Å²) in [5.41, 5.74) is 0.966. The van der Waals surface area contributed by atoms with Crippen LogP contribution in [0.15, 0.2) is 24.3 Å². The Morgan fingerprint density at radius 3 is 2.43 bits per heavy atom. The van der Waals surface area contributed by atoms with E-state index in [0.717, 1.165) is 12.2 Å². The lowest BCUT2D eigenvalue weighted by atomic mass is 9.87. The molecule has 6 heteroatoms. The molecule has 0 fully saturated rings. The van der Waals surface area contributed by atoms with Crippen molar-refractivity contribution in [1.82, 2.24) is 5.32 Å². The Hall–Kier alpha value is -1.46. The van der Waals surface area contributed by atoms with E-state index >= 15 is 0 Å². The third-order valence-corrected chi connectivity index (χ3v) is 3.62. The highest BCUT2D eigenvalue weighted by atomic mass is 35.5. The van der Waals surface area contributed by atoms with Crippen molar-refractivity contribution in [3.63, 3.8) is 0 Å². The average Bonchev–Trinajstić information content (AvgIpc) is 2.46. The molecule has 0 heterocycles. The molecule has 1 atom stereocenters. The fourth-order valence-corrected chi connectivity index (χ4v) is 2.16. The molecular weight excluding hydrogens is 318 g/mol. The van der Waals surface area contributed by atoms with Crippen LogP contribution < -0.4 is 10.1 Å². The van der Waals surface area contributed by atoms with Crippen LogP contribution in [-0.2, 0) is 11.2 Å². The van der Waals surface area contributed by atoms with Gasteiger partial charge in [-0.15, -0.1) is 11.6 Å². The molecule has 23 heavy (non-hydrogen) atoms. The van der Waals surface area contributed by atoms with Gasteiger partial charge in [0.25, 0.3) is 0 Å². The first-order valence-electron chi connectivity index (χ1n) is 7.68. The Kier molecular flexibility index (Phi) is 8.20. The van der Waals surface area contributed by atoms with E-state index in [1.807, 2.05) is 45.0 Å². The molecule has 1 aromatic carbocycles. The maximum atomic E-state index is 10.8. The number of amides is 1. The smallest absolute Gasteiger partial charge is 0.404 e. The van der Waals surface area contributed by atoms with Gasteiger partial charge in [0.2, 0.25) is 0 Å². The third kappa shape index (κ3) is 8.09. The van der Waals surface area contributed by atoms with Crippen LogP contribution in [0.3, 0.4) is 0 Å². The van der Waals surface area contributed by atoms with Gasteiger partial charge in [-0.2, -0.15) is 0 Å². The summed E-state index contributed by atoms with van der Waals surface area (Å²) in [6.07, 6.45) is -0.197. The Morgan fingerprint density at radius 1 is 1.26 bits per heavy atom. The molecule has 1 rings (SSSR count). The number of benzene rings is 1. The molecule has 0 spiro atoms. The van der Waals surface area contributed by atoms with Gasteiger partial charge in [-0.3, -0.25) is 0 Å². The highest BCUT2D eigenvalue weighted by Gasteiger charge is 2.26. The largest absolute Gasteiger partial charge is 0.491 e. The number of hydrogen-bond donors (Lipinski definition) is 2. The highest BCUT2D eigenvalue weighted by molar-refractivity contribution is 6.17. The molecule has 5 nitrogen and oxygen atoms in total. The second-order valence-electron chi connectivity index (χ2n) is 6.37. The normalized spacial score (nSPS) is 12.7. The number of rotatable bonds is 9. The lowest BCUT2D eigenvalue weighted by Crippen LogP contribution is -2.46. The van der Waals surface area contributed by atoms with Gasteiger partial charge in [0.05, 0.1) is 19.3 Å². The van der Waals surface area contributed by atoms with E-state index in [-0.39, 0.29) is 11.5 Å². The van der Waals surface area contributed by atoms with Gasteiger partial charge in [0, 0.05) is 5.88 Å². The number of nitrogens with one attached hydrogen (secondary N) is 1. The summed E-state index contributed by atoms with van der Waals surface area (Å²) in [6, 6.07) is 7.53. The summed E-state index contributed by atoms with van der Waals surface area (Å²) in [4.78, 5) is 10.8. The fourth-order valence-electron chi connectivity index (χ4n) is 1.94. The molecule has 1 unspecified atom stereocenters. The van der Waals surface area contributed by atoms with Crippen LogP contribution >= 0.6 is 11.6 Å². The predicted molar refractivity (Wildman–Crippen MR) is 91.6 cm³/mol. The van der Waals surface area contributed by atoms with Gasteiger partial charge in [0.15, 0.2) is 0 Å². The summed E-state index contributed by atoms with van der Waals surface area (Å²) < 4.78 is 11.1. The van der Waals surface area contributed by atoms with E-state index in [2.05, 4.69) is 5.32 Å². The van der Waals surface area contributed by atoms with Crippen LogP contribution in [0.25, 0.3) is 0 Å². The molecule has 0 aromatic heterocycles. The molecule has 0 aliphatic carbocycles. The Morgan fingerprint density at radius 2 is 1.91 bits per heavy atom. The van der Waals surface area contributed by atoms with Gasteiger partial charge in [-0.1, -0.05) is 32.9 Å².